The first-order valence-electron chi connectivity index (χ1n) is 5.75. The normalized spacial score (nSPS) is 11.2. The zero-order valence-electron chi connectivity index (χ0n) is 10.2. The molecule has 0 saturated heterocycles. The number of imidazole rings is 1. The van der Waals surface area contributed by atoms with Crippen LogP contribution in [-0.2, 0) is 13.0 Å². The summed E-state index contributed by atoms with van der Waals surface area (Å²) >= 11 is 3.26. The van der Waals surface area contributed by atoms with E-state index < -0.39 is 0 Å². The summed E-state index contributed by atoms with van der Waals surface area (Å²) in [5.74, 6) is 0. The molecule has 0 spiro atoms. The van der Waals surface area contributed by atoms with Crippen LogP contribution in [0, 0.1) is 6.92 Å². The SMILES string of the molecule is CCc1nnc(NCc2c(C)nc3sccn23)s1. The smallest absolute Gasteiger partial charge is 0.205 e. The predicted octanol–water partition coefficient (Wildman–Crippen LogP) is 2.73. The first-order valence-corrected chi connectivity index (χ1v) is 7.45. The summed E-state index contributed by atoms with van der Waals surface area (Å²) < 4.78 is 2.12. The molecule has 0 fully saturated rings. The minimum Gasteiger partial charge on any atom is -0.354 e. The van der Waals surface area contributed by atoms with Crippen LogP contribution in [0.3, 0.4) is 0 Å². The molecule has 0 atom stereocenters. The largest absolute Gasteiger partial charge is 0.354 e. The Morgan fingerprint density at radius 2 is 2.28 bits per heavy atom. The fourth-order valence-corrected chi connectivity index (χ4v) is 3.23. The topological polar surface area (TPSA) is 55.1 Å². The first kappa shape index (κ1) is 11.6. The molecular formula is C11H13N5S2. The van der Waals surface area contributed by atoms with Crippen LogP contribution in [0.15, 0.2) is 11.6 Å². The van der Waals surface area contributed by atoms with Gasteiger partial charge in [0.15, 0.2) is 4.96 Å². The van der Waals surface area contributed by atoms with Gasteiger partial charge in [0.1, 0.15) is 5.01 Å². The highest BCUT2D eigenvalue weighted by Gasteiger charge is 2.10. The number of hydrogen-bond acceptors (Lipinski definition) is 6. The van der Waals surface area contributed by atoms with Crippen LogP contribution in [0.4, 0.5) is 5.13 Å². The van der Waals surface area contributed by atoms with Crippen molar-refractivity contribution in [1.29, 1.82) is 0 Å². The number of rotatable bonds is 4. The van der Waals surface area contributed by atoms with Gasteiger partial charge in [-0.15, -0.1) is 21.5 Å². The maximum atomic E-state index is 4.52. The molecule has 18 heavy (non-hydrogen) atoms. The Kier molecular flexibility index (Phi) is 3.00. The van der Waals surface area contributed by atoms with Crippen molar-refractivity contribution in [3.63, 3.8) is 0 Å². The summed E-state index contributed by atoms with van der Waals surface area (Å²) in [4.78, 5) is 5.55. The standard InChI is InChI=1S/C11H13N5S2/c1-3-9-14-15-10(18-9)12-6-8-7(2)13-11-16(8)4-5-17-11/h4-5H,3,6H2,1-2H3,(H,12,15). The number of nitrogens with zero attached hydrogens (tertiary/aromatic N) is 4. The fraction of sp³-hybridized carbons (Fsp3) is 0.364. The van der Waals surface area contributed by atoms with Crippen molar-refractivity contribution in [3.8, 4) is 0 Å². The van der Waals surface area contributed by atoms with Crippen molar-refractivity contribution in [2.24, 2.45) is 0 Å². The average molecular weight is 279 g/mol. The van der Waals surface area contributed by atoms with E-state index in [9.17, 15) is 0 Å². The van der Waals surface area contributed by atoms with E-state index in [1.54, 1.807) is 22.7 Å². The highest BCUT2D eigenvalue weighted by Crippen LogP contribution is 2.20. The quantitative estimate of drug-likeness (QED) is 0.798. The van der Waals surface area contributed by atoms with Gasteiger partial charge in [0.2, 0.25) is 5.13 Å². The van der Waals surface area contributed by atoms with Gasteiger partial charge in [0.25, 0.3) is 0 Å². The van der Waals surface area contributed by atoms with Gasteiger partial charge >= 0.3 is 0 Å². The molecule has 3 heterocycles. The Hall–Kier alpha value is -1.47. The average Bonchev–Trinajstić information content (AvgIpc) is 3.03. The number of thiazole rings is 1. The summed E-state index contributed by atoms with van der Waals surface area (Å²) in [6, 6.07) is 0. The van der Waals surface area contributed by atoms with E-state index in [0.717, 1.165) is 33.8 Å². The molecule has 0 aliphatic heterocycles. The number of aryl methyl sites for hydroxylation is 2. The second kappa shape index (κ2) is 4.66. The summed E-state index contributed by atoms with van der Waals surface area (Å²) in [6.07, 6.45) is 2.98. The molecule has 5 nitrogen and oxygen atoms in total. The first-order chi connectivity index (χ1) is 8.78. The molecular weight excluding hydrogens is 266 g/mol. The molecule has 7 heteroatoms. The number of aromatic nitrogens is 4. The fourth-order valence-electron chi connectivity index (χ4n) is 1.78. The third kappa shape index (κ3) is 1.99. The van der Waals surface area contributed by atoms with E-state index in [1.165, 1.54) is 5.69 Å². The van der Waals surface area contributed by atoms with E-state index in [0.29, 0.717) is 0 Å². The maximum absolute atomic E-state index is 4.52. The van der Waals surface area contributed by atoms with E-state index >= 15 is 0 Å². The Bertz CT molecular complexity index is 666. The molecule has 1 N–H and O–H groups in total. The lowest BCUT2D eigenvalue weighted by atomic mass is 10.3. The van der Waals surface area contributed by atoms with Gasteiger partial charge in [-0.1, -0.05) is 18.3 Å². The van der Waals surface area contributed by atoms with Crippen LogP contribution in [0.2, 0.25) is 0 Å². The lowest BCUT2D eigenvalue weighted by Gasteiger charge is -2.01. The molecule has 0 unspecified atom stereocenters. The number of hydrogen-bond donors (Lipinski definition) is 1. The van der Waals surface area contributed by atoms with Crippen molar-refractivity contribution in [2.75, 3.05) is 5.32 Å². The lowest BCUT2D eigenvalue weighted by Crippen LogP contribution is -2.03. The molecule has 0 aliphatic rings. The lowest BCUT2D eigenvalue weighted by molar-refractivity contribution is 0.955. The molecule has 3 aromatic rings. The molecule has 0 radical (unpaired) electrons. The summed E-state index contributed by atoms with van der Waals surface area (Å²) in [7, 11) is 0. The Morgan fingerprint density at radius 3 is 3.06 bits per heavy atom. The van der Waals surface area contributed by atoms with Crippen LogP contribution in [0.5, 0.6) is 0 Å². The number of fused-ring (bicyclic) bond motifs is 1. The van der Waals surface area contributed by atoms with Crippen molar-refractivity contribution < 1.29 is 0 Å². The molecule has 0 bridgehead atoms. The highest BCUT2D eigenvalue weighted by molar-refractivity contribution is 7.15. The number of anilines is 1. The van der Waals surface area contributed by atoms with Crippen molar-refractivity contribution >= 4 is 32.8 Å². The third-order valence-corrected chi connectivity index (χ3v) is 4.52. The predicted molar refractivity (Wildman–Crippen MR) is 74.4 cm³/mol. The van der Waals surface area contributed by atoms with Gasteiger partial charge in [-0.2, -0.15) is 0 Å². The highest BCUT2D eigenvalue weighted by atomic mass is 32.1. The van der Waals surface area contributed by atoms with E-state index in [2.05, 4.69) is 38.0 Å². The van der Waals surface area contributed by atoms with Crippen LogP contribution in [0.1, 0.15) is 23.3 Å². The van der Waals surface area contributed by atoms with Gasteiger partial charge in [-0.05, 0) is 13.3 Å². The van der Waals surface area contributed by atoms with Gasteiger partial charge in [0.05, 0.1) is 17.9 Å². The Balaban J connectivity index is 1.80. The Morgan fingerprint density at radius 1 is 1.39 bits per heavy atom. The zero-order chi connectivity index (χ0) is 12.5. The molecule has 3 rings (SSSR count). The zero-order valence-corrected chi connectivity index (χ0v) is 11.8. The van der Waals surface area contributed by atoms with Crippen molar-refractivity contribution in [3.05, 3.63) is 28.0 Å². The second-order valence-corrected chi connectivity index (χ2v) is 5.84. The van der Waals surface area contributed by atoms with Gasteiger partial charge in [-0.25, -0.2) is 4.98 Å². The minimum absolute atomic E-state index is 0.724. The van der Waals surface area contributed by atoms with Crippen LogP contribution >= 0.6 is 22.7 Å². The van der Waals surface area contributed by atoms with E-state index in [1.807, 2.05) is 12.3 Å². The number of nitrogens with one attached hydrogen (secondary N) is 1. The molecule has 3 aromatic heterocycles. The van der Waals surface area contributed by atoms with Crippen LogP contribution in [-0.4, -0.2) is 19.6 Å². The Labute approximate surface area is 113 Å². The van der Waals surface area contributed by atoms with Crippen molar-refractivity contribution in [1.82, 2.24) is 19.6 Å². The molecule has 0 aromatic carbocycles. The monoisotopic (exact) mass is 279 g/mol. The maximum Gasteiger partial charge on any atom is 0.205 e. The molecule has 94 valence electrons. The summed E-state index contributed by atoms with van der Waals surface area (Å²) in [5.41, 5.74) is 2.24. The van der Waals surface area contributed by atoms with E-state index in [-0.39, 0.29) is 0 Å². The van der Waals surface area contributed by atoms with Gasteiger partial charge in [-0.3, -0.25) is 4.40 Å². The summed E-state index contributed by atoms with van der Waals surface area (Å²) in [5, 5.41) is 15.5. The van der Waals surface area contributed by atoms with Crippen molar-refractivity contribution in [2.45, 2.75) is 26.8 Å². The van der Waals surface area contributed by atoms with Crippen LogP contribution < -0.4 is 5.32 Å². The summed E-state index contributed by atoms with van der Waals surface area (Å²) in [6.45, 7) is 4.84. The second-order valence-electron chi connectivity index (χ2n) is 3.91. The molecule has 0 amide bonds. The van der Waals surface area contributed by atoms with E-state index in [4.69, 9.17) is 0 Å². The van der Waals surface area contributed by atoms with Gasteiger partial charge in [0, 0.05) is 11.6 Å². The minimum atomic E-state index is 0.724. The van der Waals surface area contributed by atoms with Gasteiger partial charge < -0.3 is 5.32 Å². The third-order valence-electron chi connectivity index (χ3n) is 2.74. The molecule has 0 aliphatic carbocycles. The molecule has 0 saturated carbocycles. The van der Waals surface area contributed by atoms with Crippen LogP contribution in [0.25, 0.3) is 4.96 Å².